The molecule has 0 unspecified atom stereocenters. The molecule has 0 aliphatic rings. The molecule has 0 spiro atoms. The highest BCUT2D eigenvalue weighted by molar-refractivity contribution is 7.90. The van der Waals surface area contributed by atoms with Gasteiger partial charge in [0.1, 0.15) is 5.15 Å². The maximum absolute atomic E-state index is 11.7. The number of imidazole rings is 2. The zero-order valence-corrected chi connectivity index (χ0v) is 24.1. The minimum atomic E-state index is -3.41. The van der Waals surface area contributed by atoms with E-state index in [1.54, 1.807) is 63.2 Å². The Kier molecular flexibility index (Phi) is 6.88. The number of pyridine rings is 1. The first-order valence-corrected chi connectivity index (χ1v) is 14.6. The molecule has 0 aliphatic carbocycles. The van der Waals surface area contributed by atoms with Gasteiger partial charge < -0.3 is 5.32 Å². The largest absolute Gasteiger partial charge is 0.336 e. The van der Waals surface area contributed by atoms with E-state index in [2.05, 4.69) is 40.4 Å². The summed E-state index contributed by atoms with van der Waals surface area (Å²) in [6, 6.07) is 3.56. The van der Waals surface area contributed by atoms with Gasteiger partial charge in [0.15, 0.2) is 32.0 Å². The Labute approximate surface area is 244 Å². The number of sulfone groups is 1. The number of halogens is 1. The summed E-state index contributed by atoms with van der Waals surface area (Å²) in [5, 5.41) is 11.9. The molecule has 0 saturated heterocycles. The second kappa shape index (κ2) is 10.7. The van der Waals surface area contributed by atoms with Gasteiger partial charge in [-0.1, -0.05) is 11.6 Å². The van der Waals surface area contributed by atoms with E-state index in [4.69, 9.17) is 11.6 Å². The van der Waals surface area contributed by atoms with Gasteiger partial charge in [-0.25, -0.2) is 33.3 Å². The van der Waals surface area contributed by atoms with Crippen molar-refractivity contribution >= 4 is 44.2 Å². The number of hydrogen-bond acceptors (Lipinski definition) is 10. The molecule has 0 bridgehead atoms. The molecule has 14 nitrogen and oxygen atoms in total. The summed E-state index contributed by atoms with van der Waals surface area (Å²) in [6.45, 7) is 0. The van der Waals surface area contributed by atoms with Crippen molar-refractivity contribution in [2.45, 2.75) is 5.03 Å². The van der Waals surface area contributed by atoms with Gasteiger partial charge in [0.2, 0.25) is 0 Å². The van der Waals surface area contributed by atoms with Crippen LogP contribution < -0.4 is 5.32 Å². The van der Waals surface area contributed by atoms with E-state index >= 15 is 0 Å². The van der Waals surface area contributed by atoms with Crippen molar-refractivity contribution in [3.63, 3.8) is 0 Å². The highest BCUT2D eigenvalue weighted by Gasteiger charge is 2.18. The molecule has 0 amide bonds. The van der Waals surface area contributed by atoms with Gasteiger partial charge in [-0.2, -0.15) is 10.2 Å². The van der Waals surface area contributed by atoms with Gasteiger partial charge >= 0.3 is 0 Å². The number of nitrogens with zero attached hydrogens (tertiary/aromatic N) is 11. The lowest BCUT2D eigenvalue weighted by Gasteiger charge is -2.07. The Balaban J connectivity index is 0.000000153. The van der Waals surface area contributed by atoms with Crippen molar-refractivity contribution in [3.8, 4) is 22.5 Å². The average molecular weight is 603 g/mol. The normalized spacial score (nSPS) is 11.5. The number of aromatic nitrogens is 11. The summed E-state index contributed by atoms with van der Waals surface area (Å²) in [6.07, 6.45) is 20.2. The van der Waals surface area contributed by atoms with Gasteiger partial charge in [-0.3, -0.25) is 18.2 Å². The Morgan fingerprint density at radius 3 is 1.88 bits per heavy atom. The Morgan fingerprint density at radius 1 is 0.738 bits per heavy atom. The molecule has 7 aromatic heterocycles. The van der Waals surface area contributed by atoms with E-state index in [1.807, 2.05) is 43.2 Å². The van der Waals surface area contributed by atoms with Crippen LogP contribution in [0, 0.1) is 0 Å². The molecular formula is C26H23ClN12O2S. The summed E-state index contributed by atoms with van der Waals surface area (Å²) in [4.78, 5) is 20.9. The van der Waals surface area contributed by atoms with Crippen molar-refractivity contribution in [2.24, 2.45) is 14.1 Å². The van der Waals surface area contributed by atoms with Crippen molar-refractivity contribution < 1.29 is 8.42 Å². The molecule has 0 aromatic carbocycles. The maximum atomic E-state index is 11.7. The molecule has 0 saturated carbocycles. The van der Waals surface area contributed by atoms with E-state index in [1.165, 1.54) is 6.20 Å². The third kappa shape index (κ3) is 5.29. The SMILES string of the molecule is Cn1cc(-c2cnc3c(Nc4ccc(Cl)nc4)nccn23)cn1.Cn1cc(-c2cnc3c(S(C)(=O)=O)nccn23)cn1. The van der Waals surface area contributed by atoms with E-state index in [0.717, 1.165) is 40.1 Å². The summed E-state index contributed by atoms with van der Waals surface area (Å²) in [7, 11) is 0.291. The van der Waals surface area contributed by atoms with Crippen molar-refractivity contribution in [1.82, 2.24) is 53.3 Å². The Bertz CT molecular complexity index is 2150. The number of anilines is 2. The fourth-order valence-electron chi connectivity index (χ4n) is 4.29. The minimum absolute atomic E-state index is 0.0230. The lowest BCUT2D eigenvalue weighted by atomic mass is 10.3. The van der Waals surface area contributed by atoms with Crippen LogP contribution >= 0.6 is 11.6 Å². The molecule has 7 heterocycles. The smallest absolute Gasteiger partial charge is 0.198 e. The highest BCUT2D eigenvalue weighted by atomic mass is 35.5. The second-order valence-electron chi connectivity index (χ2n) is 9.25. The molecule has 42 heavy (non-hydrogen) atoms. The van der Waals surface area contributed by atoms with Crippen molar-refractivity contribution in [2.75, 3.05) is 11.6 Å². The summed E-state index contributed by atoms with van der Waals surface area (Å²) < 4.78 is 30.4. The first kappa shape index (κ1) is 27.0. The monoisotopic (exact) mass is 602 g/mol. The number of hydrogen-bond donors (Lipinski definition) is 1. The molecule has 0 aliphatic heterocycles. The average Bonchev–Trinajstić information content (AvgIpc) is 3.76. The van der Waals surface area contributed by atoms with Gasteiger partial charge in [-0.15, -0.1) is 0 Å². The van der Waals surface area contributed by atoms with Crippen LogP contribution in [0.3, 0.4) is 0 Å². The van der Waals surface area contributed by atoms with Gasteiger partial charge in [0.05, 0.1) is 48.1 Å². The van der Waals surface area contributed by atoms with Crippen LogP contribution in [0.1, 0.15) is 0 Å². The third-order valence-corrected chi connectivity index (χ3v) is 7.38. The lowest BCUT2D eigenvalue weighted by Crippen LogP contribution is -2.04. The van der Waals surface area contributed by atoms with Crippen LogP contribution in [0.25, 0.3) is 33.8 Å². The first-order valence-electron chi connectivity index (χ1n) is 12.4. The van der Waals surface area contributed by atoms with Gasteiger partial charge in [0, 0.05) is 68.7 Å². The molecule has 212 valence electrons. The fraction of sp³-hybridized carbons (Fsp3) is 0.115. The zero-order chi connectivity index (χ0) is 29.4. The van der Waals surface area contributed by atoms with Crippen LogP contribution in [0.4, 0.5) is 11.5 Å². The highest BCUT2D eigenvalue weighted by Crippen LogP contribution is 2.25. The van der Waals surface area contributed by atoms with Crippen molar-refractivity contribution in [3.05, 3.63) is 85.5 Å². The lowest BCUT2D eigenvalue weighted by molar-refractivity contribution is 0.598. The molecule has 7 aromatic rings. The van der Waals surface area contributed by atoms with Crippen LogP contribution in [0.5, 0.6) is 0 Å². The van der Waals surface area contributed by atoms with Gasteiger partial charge in [-0.05, 0) is 12.1 Å². The second-order valence-corrected chi connectivity index (χ2v) is 11.6. The number of fused-ring (bicyclic) bond motifs is 2. The standard InChI is InChI=1S/C15H12ClN7.C11H11N5O2S/c1-22-9-10(6-20-22)12-8-19-15-14(17-4-5-23(12)15)21-11-2-3-13(16)18-7-11;1-15-7-8(5-14-15)9-6-13-10-11(19(2,17)18)12-3-4-16(9)10/h2-9H,1H3,(H,17,21);3-7H,1-2H3. The summed E-state index contributed by atoms with van der Waals surface area (Å²) in [5.41, 5.74) is 5.42. The zero-order valence-electron chi connectivity index (χ0n) is 22.5. The molecule has 0 atom stereocenters. The third-order valence-electron chi connectivity index (χ3n) is 6.17. The Morgan fingerprint density at radius 2 is 1.33 bits per heavy atom. The van der Waals surface area contributed by atoms with E-state index in [9.17, 15) is 8.42 Å². The summed E-state index contributed by atoms with van der Waals surface area (Å²) >= 11 is 5.80. The number of rotatable bonds is 5. The fourth-order valence-corrected chi connectivity index (χ4v) is 5.13. The molecule has 0 fully saturated rings. The topological polar surface area (TPSA) is 155 Å². The predicted molar refractivity (Wildman–Crippen MR) is 156 cm³/mol. The van der Waals surface area contributed by atoms with Gasteiger partial charge in [0.25, 0.3) is 0 Å². The number of nitrogens with one attached hydrogen (secondary N) is 1. The first-order chi connectivity index (χ1) is 20.2. The number of aryl methyl sites for hydroxylation is 2. The molecule has 7 rings (SSSR count). The Hall–Kier alpha value is -5.15. The quantitative estimate of drug-likeness (QED) is 0.290. The van der Waals surface area contributed by atoms with Crippen LogP contribution in [-0.2, 0) is 23.9 Å². The summed E-state index contributed by atoms with van der Waals surface area (Å²) in [5.74, 6) is 0.645. The van der Waals surface area contributed by atoms with Crippen LogP contribution in [0.2, 0.25) is 5.15 Å². The minimum Gasteiger partial charge on any atom is -0.336 e. The predicted octanol–water partition coefficient (Wildman–Crippen LogP) is 3.46. The van der Waals surface area contributed by atoms with E-state index in [-0.39, 0.29) is 5.03 Å². The van der Waals surface area contributed by atoms with E-state index in [0.29, 0.717) is 16.6 Å². The molecule has 1 N–H and O–H groups in total. The molecule has 0 radical (unpaired) electrons. The van der Waals surface area contributed by atoms with E-state index < -0.39 is 9.84 Å². The molecule has 16 heteroatoms. The van der Waals surface area contributed by atoms with Crippen LogP contribution in [0.15, 0.2) is 85.3 Å². The van der Waals surface area contributed by atoms with Crippen LogP contribution in [-0.4, -0.2) is 68.0 Å². The molecular weight excluding hydrogens is 580 g/mol. The maximum Gasteiger partial charge on any atom is 0.198 e. The van der Waals surface area contributed by atoms with Crippen molar-refractivity contribution in [1.29, 1.82) is 0 Å².